The second-order valence-corrected chi connectivity index (χ2v) is 7.86. The maximum Gasteiger partial charge on any atom is 0.151 e. The van der Waals surface area contributed by atoms with Crippen LogP contribution in [0.4, 0.5) is 10.1 Å². The average molecular weight is 354 g/mol. The molecule has 26 heavy (non-hydrogen) atoms. The number of likely N-dealkylation sites (N-methyl/N-ethyl adjacent to an activating group) is 1. The number of aryl methyl sites for hydroxylation is 1. The second-order valence-electron chi connectivity index (χ2n) is 7.86. The van der Waals surface area contributed by atoms with Crippen molar-refractivity contribution in [3.63, 3.8) is 0 Å². The summed E-state index contributed by atoms with van der Waals surface area (Å²) in [6.45, 7) is 10.00. The highest BCUT2D eigenvalue weighted by Gasteiger charge is 2.36. The summed E-state index contributed by atoms with van der Waals surface area (Å²) in [5, 5.41) is 0. The third kappa shape index (κ3) is 2.98. The molecule has 0 bridgehead atoms. The summed E-state index contributed by atoms with van der Waals surface area (Å²) in [6, 6.07) is 3.59. The molecule has 3 aliphatic heterocycles. The number of benzene rings is 1. The second kappa shape index (κ2) is 6.62. The molecule has 4 rings (SSSR count). The molecule has 0 aromatic heterocycles. The molecule has 0 saturated carbocycles. The number of allylic oxidation sites excluding steroid dienone is 2. The predicted octanol–water partition coefficient (Wildman–Crippen LogP) is 3.89. The van der Waals surface area contributed by atoms with Gasteiger partial charge in [-0.1, -0.05) is 19.1 Å². The molecule has 2 unspecified atom stereocenters. The van der Waals surface area contributed by atoms with Gasteiger partial charge in [0.2, 0.25) is 0 Å². The fraction of sp³-hybridized carbons (Fsp3) is 0.524. The summed E-state index contributed by atoms with van der Waals surface area (Å²) < 4.78 is 14.3. The first kappa shape index (κ1) is 17.4. The van der Waals surface area contributed by atoms with Crippen LogP contribution in [0.1, 0.15) is 37.3 Å². The summed E-state index contributed by atoms with van der Waals surface area (Å²) in [7, 11) is 2.15. The van der Waals surface area contributed by atoms with Crippen molar-refractivity contribution in [1.82, 2.24) is 9.80 Å². The lowest BCUT2D eigenvalue weighted by molar-refractivity contribution is 0.216. The quantitative estimate of drug-likeness (QED) is 0.708. The van der Waals surface area contributed by atoms with Crippen molar-refractivity contribution in [2.24, 2.45) is 15.9 Å². The highest BCUT2D eigenvalue weighted by molar-refractivity contribution is 6.43. The molecule has 1 fully saturated rings. The minimum Gasteiger partial charge on any atom is -0.353 e. The normalized spacial score (nSPS) is 26.3. The van der Waals surface area contributed by atoms with E-state index in [0.717, 1.165) is 61.1 Å². The molecule has 1 aromatic carbocycles. The number of rotatable bonds is 0. The predicted molar refractivity (Wildman–Crippen MR) is 105 cm³/mol. The van der Waals surface area contributed by atoms with Crippen molar-refractivity contribution in [3.8, 4) is 0 Å². The van der Waals surface area contributed by atoms with E-state index in [9.17, 15) is 4.39 Å². The van der Waals surface area contributed by atoms with Crippen LogP contribution >= 0.6 is 0 Å². The Kier molecular flexibility index (Phi) is 4.43. The number of nitrogens with zero attached hydrogens (tertiary/aromatic N) is 4. The van der Waals surface area contributed by atoms with Gasteiger partial charge in [-0.3, -0.25) is 4.99 Å². The fourth-order valence-corrected chi connectivity index (χ4v) is 4.18. The average Bonchev–Trinajstić information content (AvgIpc) is 2.72. The molecule has 3 aliphatic rings. The first-order chi connectivity index (χ1) is 12.4. The van der Waals surface area contributed by atoms with Gasteiger partial charge in [0.15, 0.2) is 5.84 Å². The molecule has 0 amide bonds. The van der Waals surface area contributed by atoms with Crippen LogP contribution in [0.2, 0.25) is 0 Å². The zero-order valence-electron chi connectivity index (χ0n) is 16.1. The van der Waals surface area contributed by atoms with E-state index in [1.165, 1.54) is 0 Å². The zero-order chi connectivity index (χ0) is 18.4. The fourth-order valence-electron chi connectivity index (χ4n) is 4.18. The highest BCUT2D eigenvalue weighted by Crippen LogP contribution is 2.41. The molecule has 3 heterocycles. The van der Waals surface area contributed by atoms with Gasteiger partial charge in [-0.2, -0.15) is 0 Å². The van der Waals surface area contributed by atoms with Crippen LogP contribution in [0, 0.1) is 18.7 Å². The largest absolute Gasteiger partial charge is 0.353 e. The molecular weight excluding hydrogens is 327 g/mol. The van der Waals surface area contributed by atoms with Gasteiger partial charge in [-0.15, -0.1) is 0 Å². The zero-order valence-corrected chi connectivity index (χ0v) is 16.1. The molecule has 4 nitrogen and oxygen atoms in total. The molecule has 0 aliphatic carbocycles. The number of aliphatic imine (C=N–C) groups is 2. The van der Waals surface area contributed by atoms with E-state index in [1.807, 2.05) is 13.0 Å². The first-order valence-electron chi connectivity index (χ1n) is 9.52. The molecule has 1 aromatic rings. The standard InChI is InChI=1S/C21H27FN4/c1-13-11-17-15(3)16-6-5-14(2)23-20(16)21(24-19(17)12-18(13)22)26-9-7-25(4)8-10-26/h5,11-12,15-16H,6-10H2,1-4H3. The summed E-state index contributed by atoms with van der Waals surface area (Å²) in [5.74, 6) is 1.33. The monoisotopic (exact) mass is 354 g/mol. The Morgan fingerprint density at radius 2 is 1.81 bits per heavy atom. The van der Waals surface area contributed by atoms with Gasteiger partial charge in [-0.05, 0) is 44.4 Å². The van der Waals surface area contributed by atoms with E-state index in [2.05, 4.69) is 36.8 Å². The molecule has 1 saturated heterocycles. The number of amidine groups is 1. The van der Waals surface area contributed by atoms with Gasteiger partial charge >= 0.3 is 0 Å². The lowest BCUT2D eigenvalue weighted by Crippen LogP contribution is -2.50. The maximum atomic E-state index is 14.3. The molecule has 138 valence electrons. The lowest BCUT2D eigenvalue weighted by Gasteiger charge is -2.36. The van der Waals surface area contributed by atoms with E-state index in [-0.39, 0.29) is 11.7 Å². The topological polar surface area (TPSA) is 31.2 Å². The summed E-state index contributed by atoms with van der Waals surface area (Å²) in [6.07, 6.45) is 3.18. The minimum atomic E-state index is -0.182. The van der Waals surface area contributed by atoms with Gasteiger partial charge in [-0.25, -0.2) is 9.38 Å². The van der Waals surface area contributed by atoms with E-state index in [0.29, 0.717) is 11.5 Å². The molecular formula is C21H27FN4. The van der Waals surface area contributed by atoms with Crippen LogP contribution in [0.25, 0.3) is 0 Å². The Morgan fingerprint density at radius 3 is 2.54 bits per heavy atom. The number of hydrogen-bond donors (Lipinski definition) is 0. The summed E-state index contributed by atoms with van der Waals surface area (Å²) in [5.41, 5.74) is 4.73. The Morgan fingerprint density at radius 1 is 1.08 bits per heavy atom. The summed E-state index contributed by atoms with van der Waals surface area (Å²) >= 11 is 0. The van der Waals surface area contributed by atoms with E-state index < -0.39 is 0 Å². The maximum absolute atomic E-state index is 14.3. The third-order valence-electron chi connectivity index (χ3n) is 5.98. The Balaban J connectivity index is 1.85. The van der Waals surface area contributed by atoms with E-state index in [4.69, 9.17) is 9.98 Å². The number of hydrogen-bond acceptors (Lipinski definition) is 4. The van der Waals surface area contributed by atoms with E-state index in [1.54, 1.807) is 6.07 Å². The van der Waals surface area contributed by atoms with Crippen molar-refractivity contribution in [2.75, 3.05) is 33.2 Å². The Hall–Kier alpha value is -2.01. The minimum absolute atomic E-state index is 0.182. The van der Waals surface area contributed by atoms with Gasteiger partial charge in [0.25, 0.3) is 0 Å². The van der Waals surface area contributed by atoms with Crippen LogP contribution in [-0.4, -0.2) is 54.6 Å². The summed E-state index contributed by atoms with van der Waals surface area (Å²) in [4.78, 5) is 14.6. The first-order valence-corrected chi connectivity index (χ1v) is 9.52. The van der Waals surface area contributed by atoms with Crippen molar-refractivity contribution < 1.29 is 4.39 Å². The molecule has 2 atom stereocenters. The van der Waals surface area contributed by atoms with Crippen LogP contribution in [0.5, 0.6) is 0 Å². The molecule has 5 heteroatoms. The van der Waals surface area contributed by atoms with Crippen molar-refractivity contribution in [3.05, 3.63) is 40.8 Å². The highest BCUT2D eigenvalue weighted by atomic mass is 19.1. The lowest BCUT2D eigenvalue weighted by atomic mass is 9.80. The van der Waals surface area contributed by atoms with Crippen molar-refractivity contribution >= 4 is 17.2 Å². The van der Waals surface area contributed by atoms with Crippen molar-refractivity contribution in [2.45, 2.75) is 33.1 Å². The van der Waals surface area contributed by atoms with Gasteiger partial charge < -0.3 is 9.80 Å². The molecule has 0 radical (unpaired) electrons. The smallest absolute Gasteiger partial charge is 0.151 e. The third-order valence-corrected chi connectivity index (χ3v) is 5.98. The van der Waals surface area contributed by atoms with Crippen LogP contribution < -0.4 is 0 Å². The number of piperazine rings is 1. The van der Waals surface area contributed by atoms with Crippen LogP contribution in [-0.2, 0) is 0 Å². The Bertz CT molecular complexity index is 816. The molecule has 0 spiro atoms. The van der Waals surface area contributed by atoms with Gasteiger partial charge in [0.1, 0.15) is 5.82 Å². The van der Waals surface area contributed by atoms with Crippen LogP contribution in [0.15, 0.2) is 33.9 Å². The molecule has 0 N–H and O–H groups in total. The SMILES string of the molecule is CC1=CCC2C(=N1)C(N1CCN(C)CC1)=Nc1cc(F)c(C)cc1C2C. The van der Waals surface area contributed by atoms with Gasteiger partial charge in [0.05, 0.1) is 11.4 Å². The Labute approximate surface area is 155 Å². The van der Waals surface area contributed by atoms with Crippen LogP contribution in [0.3, 0.4) is 0 Å². The number of fused-ring (bicyclic) bond motifs is 2. The number of halogens is 1. The van der Waals surface area contributed by atoms with Crippen molar-refractivity contribution in [1.29, 1.82) is 0 Å². The van der Waals surface area contributed by atoms with E-state index >= 15 is 0 Å². The van der Waals surface area contributed by atoms with Gasteiger partial charge in [0, 0.05) is 43.9 Å².